The minimum Gasteiger partial charge on any atom is -0.493 e. The first kappa shape index (κ1) is 20.5. The second-order valence-electron chi connectivity index (χ2n) is 6.90. The maximum absolute atomic E-state index is 12.2. The normalized spacial score (nSPS) is 15.0. The molecule has 0 bridgehead atoms. The lowest BCUT2D eigenvalue weighted by Crippen LogP contribution is -2.30. The number of aryl methyl sites for hydroxylation is 1. The molecule has 3 rings (SSSR count). The van der Waals surface area contributed by atoms with E-state index in [1.807, 2.05) is 35.9 Å². The van der Waals surface area contributed by atoms with Gasteiger partial charge in [0.05, 0.1) is 12.3 Å². The molecule has 0 radical (unpaired) electrons. The van der Waals surface area contributed by atoms with E-state index in [4.69, 9.17) is 9.47 Å². The monoisotopic (exact) mass is 418 g/mol. The molecule has 0 fully saturated rings. The first-order valence-corrected chi connectivity index (χ1v) is 10.4. The molecule has 154 valence electrons. The molecule has 0 saturated carbocycles. The van der Waals surface area contributed by atoms with E-state index in [0.717, 1.165) is 27.2 Å². The molecular weight excluding hydrogens is 396 g/mol. The first-order chi connectivity index (χ1) is 13.6. The summed E-state index contributed by atoms with van der Waals surface area (Å²) in [6.07, 6.45) is 0.198. The van der Waals surface area contributed by atoms with Crippen LogP contribution in [0.25, 0.3) is 0 Å². The molecule has 2 aromatic rings. The van der Waals surface area contributed by atoms with Crippen LogP contribution in [0.2, 0.25) is 0 Å². The Balaban J connectivity index is 1.98. The molecule has 0 aromatic heterocycles. The fourth-order valence-corrected chi connectivity index (χ4v) is 3.95. The Morgan fingerprint density at radius 3 is 2.52 bits per heavy atom. The molecule has 29 heavy (non-hydrogen) atoms. The van der Waals surface area contributed by atoms with Crippen LogP contribution in [0.4, 0.5) is 10.5 Å². The molecule has 9 heteroatoms. The third-order valence-corrected chi connectivity index (χ3v) is 5.30. The zero-order valence-electron chi connectivity index (χ0n) is 16.2. The van der Waals surface area contributed by atoms with Crippen LogP contribution < -0.4 is 13.8 Å². The van der Waals surface area contributed by atoms with Crippen molar-refractivity contribution >= 4 is 22.1 Å². The lowest BCUT2D eigenvalue weighted by Gasteiger charge is -2.19. The number of aliphatic hydroxyl groups is 1. The summed E-state index contributed by atoms with van der Waals surface area (Å²) in [5.41, 5.74) is 3.05. The Bertz CT molecular complexity index is 1060. The van der Waals surface area contributed by atoms with E-state index >= 15 is 0 Å². The Hall–Kier alpha value is -3.20. The van der Waals surface area contributed by atoms with Crippen LogP contribution in [-0.4, -0.2) is 25.8 Å². The van der Waals surface area contributed by atoms with Gasteiger partial charge in [0.15, 0.2) is 5.75 Å². The van der Waals surface area contributed by atoms with Crippen molar-refractivity contribution in [1.29, 1.82) is 0 Å². The van der Waals surface area contributed by atoms with Crippen LogP contribution in [0.3, 0.4) is 0 Å². The Morgan fingerprint density at radius 2 is 1.90 bits per heavy atom. The van der Waals surface area contributed by atoms with Crippen LogP contribution in [0, 0.1) is 6.92 Å². The molecule has 1 heterocycles. The van der Waals surface area contributed by atoms with Crippen LogP contribution >= 0.6 is 0 Å². The van der Waals surface area contributed by atoms with Gasteiger partial charge < -0.3 is 14.6 Å². The van der Waals surface area contributed by atoms with Gasteiger partial charge in [0.1, 0.15) is 5.69 Å². The van der Waals surface area contributed by atoms with Crippen molar-refractivity contribution in [1.82, 2.24) is 4.72 Å². The highest BCUT2D eigenvalue weighted by atomic mass is 32.2. The minimum absolute atomic E-state index is 0.00266. The Morgan fingerprint density at radius 1 is 1.17 bits per heavy atom. The Kier molecular flexibility index (Phi) is 5.69. The van der Waals surface area contributed by atoms with Crippen molar-refractivity contribution in [2.45, 2.75) is 33.3 Å². The van der Waals surface area contributed by atoms with Crippen LogP contribution in [0.5, 0.6) is 5.75 Å². The number of anilines is 1. The summed E-state index contributed by atoms with van der Waals surface area (Å²) < 4.78 is 37.5. The van der Waals surface area contributed by atoms with Crippen molar-refractivity contribution in [2.75, 3.05) is 4.31 Å². The lowest BCUT2D eigenvalue weighted by molar-refractivity contribution is 0.0730. The van der Waals surface area contributed by atoms with Gasteiger partial charge in [0.25, 0.3) is 0 Å². The minimum atomic E-state index is -4.04. The summed E-state index contributed by atoms with van der Waals surface area (Å²) in [5, 5.41) is 9.56. The molecule has 0 amide bonds. The lowest BCUT2D eigenvalue weighted by atomic mass is 10.0. The molecule has 1 aliphatic rings. The van der Waals surface area contributed by atoms with Gasteiger partial charge in [-0.2, -0.15) is 8.42 Å². The highest BCUT2D eigenvalue weighted by Crippen LogP contribution is 2.34. The predicted octanol–water partition coefficient (Wildman–Crippen LogP) is 3.52. The summed E-state index contributed by atoms with van der Waals surface area (Å²) in [6.45, 7) is 5.34. The number of nitrogens with one attached hydrogen (secondary N) is 1. The molecule has 0 aliphatic carbocycles. The summed E-state index contributed by atoms with van der Waals surface area (Å²) >= 11 is 0. The van der Waals surface area contributed by atoms with Crippen LogP contribution in [0.1, 0.15) is 30.5 Å². The molecular formula is C20H22N2O6S. The maximum atomic E-state index is 12.2. The van der Waals surface area contributed by atoms with E-state index in [-0.39, 0.29) is 11.4 Å². The largest absolute Gasteiger partial charge is 0.514 e. The highest BCUT2D eigenvalue weighted by molar-refractivity contribution is 7.91. The standard InChI is InChI=1S/C20H22N2O6S/c1-13(2)27-20(24)28-18-11-16(10-15-6-4-5-14(3)9-15)7-8-17(18)22-12-19(23)21-29(22,25)26/h4-9,11-13,21,23H,10H2,1-3H3. The van der Waals surface area contributed by atoms with Crippen molar-refractivity contribution in [2.24, 2.45) is 0 Å². The zero-order chi connectivity index (χ0) is 21.2. The number of hydrogen-bond donors (Lipinski definition) is 2. The van der Waals surface area contributed by atoms with Gasteiger partial charge >= 0.3 is 16.4 Å². The summed E-state index contributed by atoms with van der Waals surface area (Å²) in [5.74, 6) is -0.540. The van der Waals surface area contributed by atoms with Crippen molar-refractivity contribution < 1.29 is 27.8 Å². The zero-order valence-corrected chi connectivity index (χ0v) is 17.1. The van der Waals surface area contributed by atoms with Gasteiger partial charge in [0, 0.05) is 0 Å². The van der Waals surface area contributed by atoms with E-state index in [2.05, 4.69) is 0 Å². The number of carbonyl (C=O) groups is 1. The molecule has 0 spiro atoms. The summed E-state index contributed by atoms with van der Waals surface area (Å²) in [6, 6.07) is 12.8. The van der Waals surface area contributed by atoms with E-state index in [0.29, 0.717) is 6.42 Å². The summed E-state index contributed by atoms with van der Waals surface area (Å²) in [4.78, 5) is 12.0. The van der Waals surface area contributed by atoms with E-state index < -0.39 is 28.4 Å². The first-order valence-electron chi connectivity index (χ1n) is 8.94. The van der Waals surface area contributed by atoms with E-state index in [1.54, 1.807) is 26.0 Å². The van der Waals surface area contributed by atoms with E-state index in [1.165, 1.54) is 6.07 Å². The third-order valence-electron chi connectivity index (χ3n) is 4.01. The van der Waals surface area contributed by atoms with Crippen molar-refractivity contribution in [3.05, 3.63) is 71.2 Å². The molecule has 2 N–H and O–H groups in total. The van der Waals surface area contributed by atoms with Crippen molar-refractivity contribution in [3.8, 4) is 5.75 Å². The van der Waals surface area contributed by atoms with Gasteiger partial charge in [-0.15, -0.1) is 0 Å². The van der Waals surface area contributed by atoms with Gasteiger partial charge in [-0.25, -0.2) is 13.8 Å². The average Bonchev–Trinajstić information content (AvgIpc) is 2.86. The number of rotatable bonds is 5. The molecule has 2 aromatic carbocycles. The summed E-state index contributed by atoms with van der Waals surface area (Å²) in [7, 11) is -4.04. The van der Waals surface area contributed by atoms with Gasteiger partial charge in [-0.05, 0) is 50.5 Å². The van der Waals surface area contributed by atoms with Crippen LogP contribution in [0.15, 0.2) is 54.5 Å². The highest BCUT2D eigenvalue weighted by Gasteiger charge is 2.31. The fourth-order valence-electron chi connectivity index (χ4n) is 2.88. The average molecular weight is 418 g/mol. The number of ether oxygens (including phenoxy) is 2. The molecule has 8 nitrogen and oxygen atoms in total. The van der Waals surface area contributed by atoms with Crippen LogP contribution in [-0.2, 0) is 21.4 Å². The van der Waals surface area contributed by atoms with Crippen molar-refractivity contribution in [3.63, 3.8) is 0 Å². The number of hydrogen-bond acceptors (Lipinski definition) is 6. The maximum Gasteiger partial charge on any atom is 0.514 e. The molecule has 0 atom stereocenters. The Labute approximate surface area is 169 Å². The van der Waals surface area contributed by atoms with Gasteiger partial charge in [-0.3, -0.25) is 0 Å². The topological polar surface area (TPSA) is 105 Å². The smallest absolute Gasteiger partial charge is 0.493 e. The quantitative estimate of drug-likeness (QED) is 0.569. The van der Waals surface area contributed by atoms with E-state index in [9.17, 15) is 18.3 Å². The predicted molar refractivity (Wildman–Crippen MR) is 108 cm³/mol. The molecule has 0 saturated heterocycles. The molecule has 1 aliphatic heterocycles. The number of benzene rings is 2. The SMILES string of the molecule is Cc1cccc(Cc2ccc(N3C=C(O)NS3(=O)=O)c(OC(=O)OC(C)C)c2)c1. The van der Waals surface area contributed by atoms with Gasteiger partial charge in [0.2, 0.25) is 5.88 Å². The fraction of sp³-hybridized carbons (Fsp3) is 0.250. The second kappa shape index (κ2) is 8.04. The number of carbonyl (C=O) groups excluding carboxylic acids is 1. The van der Waals surface area contributed by atoms with Gasteiger partial charge in [-0.1, -0.05) is 35.9 Å². The second-order valence-corrected chi connectivity index (χ2v) is 8.45. The molecule has 0 unspecified atom stereocenters. The number of nitrogens with zero attached hydrogens (tertiary/aromatic N) is 1. The third kappa shape index (κ3) is 5.00. The number of aliphatic hydroxyl groups excluding tert-OH is 1.